The Bertz CT molecular complexity index is 525. The van der Waals surface area contributed by atoms with Gasteiger partial charge in [0.15, 0.2) is 0 Å². The molecule has 2 aliphatic rings. The molecule has 1 spiro atoms. The minimum atomic E-state index is -2.85. The molecule has 3 rings (SSSR count). The third-order valence-electron chi connectivity index (χ3n) is 4.80. The fraction of sp³-hybridized carbons (Fsp3) is 0.625. The summed E-state index contributed by atoms with van der Waals surface area (Å²) in [6.45, 7) is 2.39. The largest absolute Gasteiger partial charge is 0.433 e. The van der Waals surface area contributed by atoms with Gasteiger partial charge in [0.1, 0.15) is 5.75 Å². The van der Waals surface area contributed by atoms with Crippen LogP contribution in [-0.4, -0.2) is 37.7 Å². The number of benzene rings is 1. The van der Waals surface area contributed by atoms with Crippen molar-refractivity contribution in [2.45, 2.75) is 32.4 Å². The van der Waals surface area contributed by atoms with Crippen molar-refractivity contribution in [3.8, 4) is 5.75 Å². The molecule has 2 saturated heterocycles. The Morgan fingerprint density at radius 3 is 2.65 bits per heavy atom. The molecular weight excluding hydrogens is 345 g/mol. The molecule has 23 heavy (non-hydrogen) atoms. The third kappa shape index (κ3) is 4.69. The molecule has 2 aliphatic heterocycles. The second kappa shape index (κ2) is 7.97. The topological polar surface area (TPSA) is 24.5 Å². The molecule has 0 saturated carbocycles. The number of alkyl halides is 2. The highest BCUT2D eigenvalue weighted by atomic mass is 35.5. The first-order valence-corrected chi connectivity index (χ1v) is 8.10. The van der Waals surface area contributed by atoms with Crippen LogP contribution >= 0.6 is 24.0 Å². The monoisotopic (exact) mass is 366 g/mol. The predicted octanol–water partition coefficient (Wildman–Crippen LogP) is 3.94. The fourth-order valence-corrected chi connectivity index (χ4v) is 3.87. The van der Waals surface area contributed by atoms with Crippen molar-refractivity contribution >= 4 is 24.0 Å². The van der Waals surface area contributed by atoms with Gasteiger partial charge in [-0.2, -0.15) is 8.78 Å². The Hall–Kier alpha value is -0.620. The van der Waals surface area contributed by atoms with Crippen LogP contribution < -0.4 is 10.1 Å². The van der Waals surface area contributed by atoms with Gasteiger partial charge in [0.05, 0.1) is 5.02 Å². The van der Waals surface area contributed by atoms with Crippen molar-refractivity contribution in [3.63, 3.8) is 0 Å². The van der Waals surface area contributed by atoms with Gasteiger partial charge >= 0.3 is 6.61 Å². The number of halogens is 4. The number of nitrogens with zero attached hydrogens (tertiary/aromatic N) is 1. The standard InChI is InChI=1S/C16H21ClF2N2O.ClH/c17-13-9-12(1-2-14(13)22-15(18)19)10-21-8-5-16(11-21)3-6-20-7-4-16;/h1-2,9,15,20H,3-8,10-11H2;1H. The molecule has 130 valence electrons. The molecule has 7 heteroatoms. The van der Waals surface area contributed by atoms with Gasteiger partial charge in [-0.25, -0.2) is 0 Å². The van der Waals surface area contributed by atoms with E-state index in [-0.39, 0.29) is 23.2 Å². The highest BCUT2D eigenvalue weighted by Gasteiger charge is 2.38. The maximum absolute atomic E-state index is 12.2. The van der Waals surface area contributed by atoms with Gasteiger partial charge in [-0.05, 0) is 62.0 Å². The van der Waals surface area contributed by atoms with Gasteiger partial charge in [0.2, 0.25) is 0 Å². The number of ether oxygens (including phenoxy) is 1. The van der Waals surface area contributed by atoms with Gasteiger partial charge < -0.3 is 10.1 Å². The van der Waals surface area contributed by atoms with Crippen LogP contribution in [0.3, 0.4) is 0 Å². The van der Waals surface area contributed by atoms with Crippen molar-refractivity contribution in [3.05, 3.63) is 28.8 Å². The number of nitrogens with one attached hydrogen (secondary N) is 1. The molecule has 0 aliphatic carbocycles. The Morgan fingerprint density at radius 1 is 1.26 bits per heavy atom. The van der Waals surface area contributed by atoms with Crippen molar-refractivity contribution in [2.24, 2.45) is 5.41 Å². The zero-order valence-electron chi connectivity index (χ0n) is 12.9. The highest BCUT2D eigenvalue weighted by Crippen LogP contribution is 2.39. The number of hydrogen-bond donors (Lipinski definition) is 1. The van der Waals surface area contributed by atoms with E-state index in [4.69, 9.17) is 11.6 Å². The summed E-state index contributed by atoms with van der Waals surface area (Å²) in [7, 11) is 0. The van der Waals surface area contributed by atoms with Gasteiger partial charge in [-0.1, -0.05) is 17.7 Å². The average Bonchev–Trinajstić information content (AvgIpc) is 2.85. The van der Waals surface area contributed by atoms with E-state index in [2.05, 4.69) is 15.0 Å². The lowest BCUT2D eigenvalue weighted by Gasteiger charge is -2.34. The van der Waals surface area contributed by atoms with Crippen LogP contribution in [0.25, 0.3) is 0 Å². The molecule has 0 radical (unpaired) electrons. The molecule has 0 bridgehead atoms. The Morgan fingerprint density at radius 2 is 2.00 bits per heavy atom. The Balaban J connectivity index is 0.00000192. The van der Waals surface area contributed by atoms with Crippen LogP contribution in [-0.2, 0) is 6.54 Å². The normalized spacial score (nSPS) is 20.7. The quantitative estimate of drug-likeness (QED) is 0.873. The lowest BCUT2D eigenvalue weighted by Crippen LogP contribution is -2.38. The molecular formula is C16H22Cl2F2N2O. The number of likely N-dealkylation sites (tertiary alicyclic amines) is 1. The predicted molar refractivity (Wildman–Crippen MR) is 89.8 cm³/mol. The zero-order chi connectivity index (χ0) is 15.6. The van der Waals surface area contributed by atoms with E-state index < -0.39 is 6.61 Å². The number of piperidine rings is 1. The van der Waals surface area contributed by atoms with Crippen LogP contribution in [0.1, 0.15) is 24.8 Å². The van der Waals surface area contributed by atoms with Crippen LogP contribution in [0, 0.1) is 5.41 Å². The average molecular weight is 367 g/mol. The summed E-state index contributed by atoms with van der Waals surface area (Å²) in [5.74, 6) is 0.0386. The summed E-state index contributed by atoms with van der Waals surface area (Å²) in [6.07, 6.45) is 3.73. The van der Waals surface area contributed by atoms with Gasteiger partial charge in [-0.3, -0.25) is 4.90 Å². The van der Waals surface area contributed by atoms with E-state index in [0.29, 0.717) is 5.41 Å². The summed E-state index contributed by atoms with van der Waals surface area (Å²) in [5.41, 5.74) is 1.51. The summed E-state index contributed by atoms with van der Waals surface area (Å²) in [5, 5.41) is 3.66. The van der Waals surface area contributed by atoms with E-state index >= 15 is 0 Å². The second-order valence-corrected chi connectivity index (χ2v) is 6.76. The number of hydrogen-bond acceptors (Lipinski definition) is 3. The molecule has 2 heterocycles. The molecule has 0 unspecified atom stereocenters. The van der Waals surface area contributed by atoms with Crippen LogP contribution in [0.15, 0.2) is 18.2 Å². The van der Waals surface area contributed by atoms with E-state index in [1.165, 1.54) is 25.3 Å². The summed E-state index contributed by atoms with van der Waals surface area (Å²) in [6, 6.07) is 5.07. The Kier molecular flexibility index (Phi) is 6.48. The summed E-state index contributed by atoms with van der Waals surface area (Å²) in [4.78, 5) is 2.44. The lowest BCUT2D eigenvalue weighted by molar-refractivity contribution is -0.0498. The van der Waals surface area contributed by atoms with Crippen LogP contribution in [0.4, 0.5) is 8.78 Å². The lowest BCUT2D eigenvalue weighted by atomic mass is 9.78. The molecule has 1 aromatic carbocycles. The Labute approximate surface area is 146 Å². The molecule has 3 nitrogen and oxygen atoms in total. The van der Waals surface area contributed by atoms with Crippen molar-refractivity contribution in [1.29, 1.82) is 0 Å². The minimum absolute atomic E-state index is 0. The van der Waals surface area contributed by atoms with Crippen molar-refractivity contribution in [2.75, 3.05) is 26.2 Å². The highest BCUT2D eigenvalue weighted by molar-refractivity contribution is 6.32. The summed E-state index contributed by atoms with van der Waals surface area (Å²) < 4.78 is 28.8. The maximum Gasteiger partial charge on any atom is 0.387 e. The van der Waals surface area contributed by atoms with Gasteiger partial charge in [0, 0.05) is 13.1 Å². The molecule has 1 aromatic rings. The van der Waals surface area contributed by atoms with E-state index in [1.807, 2.05) is 6.07 Å². The molecule has 0 amide bonds. The van der Waals surface area contributed by atoms with Crippen molar-refractivity contribution in [1.82, 2.24) is 10.2 Å². The van der Waals surface area contributed by atoms with E-state index in [0.717, 1.165) is 38.3 Å². The fourth-order valence-electron chi connectivity index (χ4n) is 3.62. The molecule has 2 fully saturated rings. The molecule has 0 atom stereocenters. The molecule has 0 aromatic heterocycles. The van der Waals surface area contributed by atoms with E-state index in [1.54, 1.807) is 6.07 Å². The van der Waals surface area contributed by atoms with Gasteiger partial charge in [-0.15, -0.1) is 12.4 Å². The summed E-state index contributed by atoms with van der Waals surface area (Å²) >= 11 is 6.02. The first-order valence-electron chi connectivity index (χ1n) is 7.73. The van der Waals surface area contributed by atoms with E-state index in [9.17, 15) is 8.78 Å². The van der Waals surface area contributed by atoms with Crippen LogP contribution in [0.2, 0.25) is 5.02 Å². The third-order valence-corrected chi connectivity index (χ3v) is 5.10. The smallest absolute Gasteiger partial charge is 0.387 e. The molecule has 1 N–H and O–H groups in total. The van der Waals surface area contributed by atoms with Crippen LogP contribution in [0.5, 0.6) is 5.75 Å². The van der Waals surface area contributed by atoms with Crippen molar-refractivity contribution < 1.29 is 13.5 Å². The first-order chi connectivity index (χ1) is 10.6. The maximum atomic E-state index is 12.2. The SMILES string of the molecule is Cl.FC(F)Oc1ccc(CN2CCC3(CCNCC3)C2)cc1Cl. The van der Waals surface area contributed by atoms with Gasteiger partial charge in [0.25, 0.3) is 0 Å². The zero-order valence-corrected chi connectivity index (χ0v) is 14.4. The first kappa shape index (κ1) is 18.7. The number of rotatable bonds is 4. The second-order valence-electron chi connectivity index (χ2n) is 6.35. The minimum Gasteiger partial charge on any atom is -0.433 e.